The van der Waals surface area contributed by atoms with Crippen molar-refractivity contribution in [3.8, 4) is 0 Å². The number of nitrogens with zero attached hydrogens (tertiary/aromatic N) is 1. The number of hydrogen-bond acceptors (Lipinski definition) is 7. The van der Waals surface area contributed by atoms with E-state index in [4.69, 9.17) is 18.9 Å². The van der Waals surface area contributed by atoms with Crippen LogP contribution in [0.2, 0.25) is 0 Å². The van der Waals surface area contributed by atoms with Crippen LogP contribution in [-0.2, 0) is 33.3 Å². The summed E-state index contributed by atoms with van der Waals surface area (Å²) in [6.45, 7) is 4.78. The summed E-state index contributed by atoms with van der Waals surface area (Å²) in [5, 5.41) is 9.77. The van der Waals surface area contributed by atoms with Crippen molar-refractivity contribution in [3.05, 3.63) is 109 Å². The molecule has 9 nitrogen and oxygen atoms in total. The van der Waals surface area contributed by atoms with Gasteiger partial charge in [-0.15, -0.1) is 0 Å². The van der Waals surface area contributed by atoms with Gasteiger partial charge in [0.1, 0.15) is 13.2 Å². The lowest BCUT2D eigenvalue weighted by atomic mass is 10.0. The molecule has 548 valence electrons. The normalized spacial score (nSPS) is 13.2. The smallest absolute Gasteiger partial charge is 0.361 e. The van der Waals surface area contributed by atoms with Crippen LogP contribution in [0.15, 0.2) is 109 Å². The molecule has 0 rings (SSSR count). The number of aliphatic carboxylic acids is 1. The number of carbonyl (C=O) groups excluding carboxylic acids is 2. The van der Waals surface area contributed by atoms with E-state index in [1.807, 2.05) is 21.1 Å². The summed E-state index contributed by atoms with van der Waals surface area (Å²) < 4.78 is 23.0. The molecule has 0 aromatic heterocycles. The maximum absolute atomic E-state index is 13.0. The van der Waals surface area contributed by atoms with Crippen LogP contribution in [0.25, 0.3) is 0 Å². The molecule has 0 aliphatic heterocycles. The van der Waals surface area contributed by atoms with Gasteiger partial charge < -0.3 is 28.5 Å². The molecule has 2 atom stereocenters. The van der Waals surface area contributed by atoms with Crippen molar-refractivity contribution >= 4 is 17.9 Å². The lowest BCUT2D eigenvalue weighted by Gasteiger charge is -2.25. The molecule has 0 aliphatic rings. The van der Waals surface area contributed by atoms with Gasteiger partial charge in [0.05, 0.1) is 34.4 Å². The molecule has 2 unspecified atom stereocenters. The molecule has 95 heavy (non-hydrogen) atoms. The Balaban J connectivity index is 3.99. The average Bonchev–Trinajstić information content (AvgIpc) is 2.86. The second-order valence-corrected chi connectivity index (χ2v) is 28.0. The first-order chi connectivity index (χ1) is 46.6. The summed E-state index contributed by atoms with van der Waals surface area (Å²) in [6, 6.07) is 0. The van der Waals surface area contributed by atoms with Gasteiger partial charge in [-0.3, -0.25) is 9.59 Å². The number of unbranched alkanes of at least 4 members (excludes halogenated alkanes) is 41. The SMILES string of the molecule is CC/C=C\C/C=C\C/C=C\C/C=C\C/C=C\C/C=C\CCCCCCCCCCCCC(=O)OC(COC(=O)CCCCCCCCCCCCCCCCCCCCCCCCCCCC/C=C\C/C=C\C/C=C\CCCCCCC)COC(OCC[N+](C)(C)C)C(=O)O. The van der Waals surface area contributed by atoms with Gasteiger partial charge in [-0.2, -0.15) is 0 Å². The minimum atomic E-state index is -1.52. The van der Waals surface area contributed by atoms with Gasteiger partial charge in [-0.1, -0.05) is 354 Å². The van der Waals surface area contributed by atoms with E-state index >= 15 is 0 Å². The zero-order valence-electron chi connectivity index (χ0n) is 62.8. The molecule has 0 fully saturated rings. The third kappa shape index (κ3) is 77.2. The molecule has 0 amide bonds. The molecule has 0 saturated heterocycles. The third-order valence-corrected chi connectivity index (χ3v) is 17.5. The minimum absolute atomic E-state index is 0.184. The zero-order valence-corrected chi connectivity index (χ0v) is 62.8. The number of carboxylic acid groups (broad SMARTS) is 1. The van der Waals surface area contributed by atoms with Crippen molar-refractivity contribution in [2.45, 2.75) is 373 Å². The van der Waals surface area contributed by atoms with E-state index in [2.05, 4.69) is 123 Å². The lowest BCUT2D eigenvalue weighted by Crippen LogP contribution is -2.40. The number of carbonyl (C=O) groups is 3. The first kappa shape index (κ1) is 91.0. The standard InChI is InChI=1S/C86H151NO8/c1-6-8-10-12-14-16-18-20-22-24-26-28-30-32-34-36-37-38-39-40-41-42-43-44-45-46-47-49-50-52-54-56-58-60-62-64-66-68-70-72-74-76-83(88)93-80-82(81-94-86(85(90)91)92-79-78-87(3,4)5)95-84(89)77-75-73-71-69-67-65-63-61-59-57-55-53-51-48-35-33-31-29-27-25-23-21-19-17-15-13-11-9-7-2/h9,11,15,17-18,20-21,23-24,26-27,29-30,32-33,35,51,53,82,86H,6-8,10,12-14,16,19,22,25,28,31,34,36-50,52,54-81H2,1-5H3/p+1/b11-9-,17-15-,20-18-,23-21-,26-24-,29-27-,32-30-,35-33-,53-51-. The van der Waals surface area contributed by atoms with Gasteiger partial charge in [0.25, 0.3) is 6.29 Å². The van der Waals surface area contributed by atoms with Crippen molar-refractivity contribution in [1.29, 1.82) is 0 Å². The van der Waals surface area contributed by atoms with Gasteiger partial charge in [-0.05, 0) is 103 Å². The van der Waals surface area contributed by atoms with Crippen molar-refractivity contribution in [3.63, 3.8) is 0 Å². The van der Waals surface area contributed by atoms with Crippen LogP contribution in [0, 0.1) is 0 Å². The van der Waals surface area contributed by atoms with E-state index in [0.717, 1.165) is 96.3 Å². The molecule has 0 aliphatic carbocycles. The Morgan fingerprint density at radius 3 is 0.895 bits per heavy atom. The zero-order chi connectivity index (χ0) is 69.0. The highest BCUT2D eigenvalue weighted by molar-refractivity contribution is 5.71. The van der Waals surface area contributed by atoms with Crippen LogP contribution in [0.3, 0.4) is 0 Å². The van der Waals surface area contributed by atoms with Gasteiger partial charge in [0, 0.05) is 12.8 Å². The molecule has 9 heteroatoms. The van der Waals surface area contributed by atoms with Crippen molar-refractivity contribution in [2.24, 2.45) is 0 Å². The quantitative estimate of drug-likeness (QED) is 0.0211. The predicted molar refractivity (Wildman–Crippen MR) is 410 cm³/mol. The Labute approximate surface area is 587 Å². The number of rotatable bonds is 74. The molecule has 0 bridgehead atoms. The number of likely N-dealkylation sites (N-methyl/N-ethyl adjacent to an activating group) is 1. The molecule has 0 aromatic rings. The van der Waals surface area contributed by atoms with E-state index < -0.39 is 24.3 Å². The highest BCUT2D eigenvalue weighted by atomic mass is 16.7. The Kier molecular flexibility index (Phi) is 72.5. The number of esters is 2. The first-order valence-electron chi connectivity index (χ1n) is 40.1. The maximum atomic E-state index is 13.0. The molecule has 0 aromatic carbocycles. The monoisotopic (exact) mass is 1330 g/mol. The number of allylic oxidation sites excluding steroid dienone is 18. The van der Waals surface area contributed by atoms with Gasteiger partial charge >= 0.3 is 17.9 Å². The van der Waals surface area contributed by atoms with E-state index in [9.17, 15) is 19.5 Å². The number of carboxylic acids is 1. The molecule has 0 heterocycles. The van der Waals surface area contributed by atoms with E-state index in [1.165, 1.54) is 231 Å². The largest absolute Gasteiger partial charge is 0.477 e. The highest BCUT2D eigenvalue weighted by Crippen LogP contribution is 2.19. The first-order valence-corrected chi connectivity index (χ1v) is 40.1. The maximum Gasteiger partial charge on any atom is 0.361 e. The van der Waals surface area contributed by atoms with Crippen molar-refractivity contribution in [2.75, 3.05) is 47.5 Å². The average molecular weight is 1330 g/mol. The predicted octanol–water partition coefficient (Wildman–Crippen LogP) is 25.7. The van der Waals surface area contributed by atoms with Crippen molar-refractivity contribution in [1.82, 2.24) is 0 Å². The fourth-order valence-electron chi connectivity index (χ4n) is 11.4. The number of quaternary nitrogens is 1. The fraction of sp³-hybridized carbons (Fsp3) is 0.756. The van der Waals surface area contributed by atoms with Crippen LogP contribution in [0.5, 0.6) is 0 Å². The Bertz CT molecular complexity index is 1930. The van der Waals surface area contributed by atoms with Gasteiger partial charge in [-0.25, -0.2) is 4.79 Å². The Morgan fingerprint density at radius 2 is 0.600 bits per heavy atom. The second-order valence-electron chi connectivity index (χ2n) is 28.0. The lowest BCUT2D eigenvalue weighted by molar-refractivity contribution is -0.870. The van der Waals surface area contributed by atoms with Crippen LogP contribution >= 0.6 is 0 Å². The highest BCUT2D eigenvalue weighted by Gasteiger charge is 2.25. The molecule has 1 N–H and O–H groups in total. The second kappa shape index (κ2) is 75.7. The summed E-state index contributed by atoms with van der Waals surface area (Å²) in [7, 11) is 5.98. The fourth-order valence-corrected chi connectivity index (χ4v) is 11.4. The Hall–Kier alpha value is -4.05. The van der Waals surface area contributed by atoms with E-state index in [-0.39, 0.29) is 32.2 Å². The van der Waals surface area contributed by atoms with E-state index in [0.29, 0.717) is 23.9 Å². The summed E-state index contributed by atoms with van der Waals surface area (Å²) in [5.41, 5.74) is 0. The molecular weight excluding hydrogens is 1170 g/mol. The number of ether oxygens (including phenoxy) is 4. The summed E-state index contributed by atoms with van der Waals surface area (Å²) in [4.78, 5) is 37.7. The molecular formula is C86H152NO8+. The minimum Gasteiger partial charge on any atom is -0.477 e. The molecule has 0 spiro atoms. The molecule has 0 saturated carbocycles. The molecule has 0 radical (unpaired) electrons. The van der Waals surface area contributed by atoms with E-state index in [1.54, 1.807) is 0 Å². The van der Waals surface area contributed by atoms with Gasteiger partial charge in [0.15, 0.2) is 6.10 Å². The topological polar surface area (TPSA) is 108 Å². The summed E-state index contributed by atoms with van der Waals surface area (Å²) in [6.07, 6.45) is 104. The van der Waals surface area contributed by atoms with Crippen LogP contribution in [0.1, 0.15) is 361 Å². The Morgan fingerprint density at radius 1 is 0.326 bits per heavy atom. The van der Waals surface area contributed by atoms with Crippen molar-refractivity contribution < 1.29 is 42.9 Å². The number of hydrogen-bond donors (Lipinski definition) is 1. The summed E-state index contributed by atoms with van der Waals surface area (Å²) >= 11 is 0. The summed E-state index contributed by atoms with van der Waals surface area (Å²) in [5.74, 6) is -2.00. The van der Waals surface area contributed by atoms with Crippen LogP contribution in [-0.4, -0.2) is 87.4 Å². The van der Waals surface area contributed by atoms with Gasteiger partial charge in [0.2, 0.25) is 0 Å². The van der Waals surface area contributed by atoms with Crippen LogP contribution in [0.4, 0.5) is 0 Å². The van der Waals surface area contributed by atoms with Crippen LogP contribution < -0.4 is 0 Å². The third-order valence-electron chi connectivity index (χ3n) is 17.5.